The Bertz CT molecular complexity index is 934. The quantitative estimate of drug-likeness (QED) is 0.749. The Kier molecular flexibility index (Phi) is 6.44. The third kappa shape index (κ3) is 4.90. The molecule has 6 nitrogen and oxygen atoms in total. The molecule has 1 aliphatic rings. The van der Waals surface area contributed by atoms with Gasteiger partial charge in [-0.2, -0.15) is 0 Å². The van der Waals surface area contributed by atoms with Crippen molar-refractivity contribution in [2.75, 3.05) is 11.9 Å². The third-order valence-corrected chi connectivity index (χ3v) is 4.69. The average Bonchev–Trinajstić information content (AvgIpc) is 2.72. The van der Waals surface area contributed by atoms with E-state index >= 15 is 0 Å². The fourth-order valence-electron chi connectivity index (χ4n) is 3.27. The van der Waals surface area contributed by atoms with Crippen LogP contribution >= 0.6 is 0 Å². The minimum atomic E-state index is -0.382. The second kappa shape index (κ2) is 9.19. The van der Waals surface area contributed by atoms with E-state index in [0.717, 1.165) is 17.5 Å². The van der Waals surface area contributed by atoms with E-state index in [1.807, 2.05) is 37.3 Å². The first-order chi connectivity index (χ1) is 14.0. The highest BCUT2D eigenvalue weighted by Gasteiger charge is 2.28. The van der Waals surface area contributed by atoms with Crippen molar-refractivity contribution >= 4 is 29.5 Å². The number of hydrogen-bond acceptors (Lipinski definition) is 4. The summed E-state index contributed by atoms with van der Waals surface area (Å²) >= 11 is 0. The highest BCUT2D eigenvalue weighted by Crippen LogP contribution is 2.33. The van der Waals surface area contributed by atoms with Gasteiger partial charge in [-0.3, -0.25) is 9.59 Å². The Morgan fingerprint density at radius 1 is 1.07 bits per heavy atom. The molecule has 0 aliphatic carbocycles. The number of fused-ring (bicyclic) bond motifs is 1. The molecule has 29 heavy (non-hydrogen) atoms. The predicted molar refractivity (Wildman–Crippen MR) is 111 cm³/mol. The van der Waals surface area contributed by atoms with Crippen molar-refractivity contribution in [3.63, 3.8) is 0 Å². The largest absolute Gasteiger partial charge is 0.462 e. The highest BCUT2D eigenvalue weighted by atomic mass is 16.5. The Labute approximate surface area is 170 Å². The van der Waals surface area contributed by atoms with Gasteiger partial charge in [-0.1, -0.05) is 31.2 Å². The van der Waals surface area contributed by atoms with Crippen LogP contribution in [0.1, 0.15) is 54.2 Å². The normalized spacial score (nSPS) is 14.8. The number of hydrogen-bond donors (Lipinski definition) is 1. The smallest absolute Gasteiger partial charge is 0.338 e. The summed E-state index contributed by atoms with van der Waals surface area (Å²) in [7, 11) is 0. The number of anilines is 1. The molecule has 6 heteroatoms. The average molecular weight is 392 g/mol. The van der Waals surface area contributed by atoms with Crippen molar-refractivity contribution in [2.45, 2.75) is 32.7 Å². The number of esters is 1. The van der Waals surface area contributed by atoms with E-state index in [2.05, 4.69) is 5.32 Å². The molecule has 0 saturated heterocycles. The second-order valence-corrected chi connectivity index (χ2v) is 6.85. The Balaban J connectivity index is 1.68. The van der Waals surface area contributed by atoms with Crippen LogP contribution in [0.2, 0.25) is 0 Å². The van der Waals surface area contributed by atoms with Gasteiger partial charge >= 0.3 is 5.97 Å². The van der Waals surface area contributed by atoms with Gasteiger partial charge < -0.3 is 15.0 Å². The maximum Gasteiger partial charge on any atom is 0.338 e. The van der Waals surface area contributed by atoms with E-state index in [-0.39, 0.29) is 30.2 Å². The van der Waals surface area contributed by atoms with Gasteiger partial charge in [-0.25, -0.2) is 4.79 Å². The maximum absolute atomic E-state index is 12.7. The second-order valence-electron chi connectivity index (χ2n) is 6.85. The molecule has 0 saturated carbocycles. The Morgan fingerprint density at radius 3 is 2.48 bits per heavy atom. The molecule has 2 aromatic rings. The van der Waals surface area contributed by atoms with E-state index in [0.29, 0.717) is 17.9 Å². The zero-order valence-corrected chi connectivity index (χ0v) is 16.6. The standard InChI is InChI=1S/C23H24N2O4/c1-3-14-29-23(28)18-8-10-19(11-9-18)24-22(27)15-21-20-7-5-4-6-17(20)12-13-25(21)16(2)26/h4-13,21H,3,14-15H2,1-2H3,(H,24,27)/t21-/m0/s1. The molecule has 0 radical (unpaired) electrons. The molecule has 1 atom stereocenters. The number of carbonyl (C=O) groups is 3. The maximum atomic E-state index is 12.7. The number of nitrogens with one attached hydrogen (secondary N) is 1. The van der Waals surface area contributed by atoms with Gasteiger partial charge in [0.15, 0.2) is 0 Å². The molecule has 2 aromatic carbocycles. The number of ether oxygens (including phenoxy) is 1. The lowest BCUT2D eigenvalue weighted by molar-refractivity contribution is -0.129. The van der Waals surface area contributed by atoms with Crippen molar-refractivity contribution in [2.24, 2.45) is 0 Å². The molecule has 0 aromatic heterocycles. The van der Waals surface area contributed by atoms with E-state index in [4.69, 9.17) is 4.74 Å². The number of rotatable bonds is 6. The molecule has 0 bridgehead atoms. The van der Waals surface area contributed by atoms with Gasteiger partial charge in [-0.05, 0) is 47.9 Å². The van der Waals surface area contributed by atoms with Crippen LogP contribution in [0.15, 0.2) is 54.7 Å². The van der Waals surface area contributed by atoms with Gasteiger partial charge in [0.1, 0.15) is 0 Å². The molecule has 150 valence electrons. The molecule has 0 spiro atoms. The number of benzene rings is 2. The monoisotopic (exact) mass is 392 g/mol. The molecule has 1 N–H and O–H groups in total. The molecule has 3 rings (SSSR count). The lowest BCUT2D eigenvalue weighted by Crippen LogP contribution is -2.33. The molecule has 1 heterocycles. The van der Waals surface area contributed by atoms with Crippen LogP contribution in [0.3, 0.4) is 0 Å². The van der Waals surface area contributed by atoms with Crippen LogP contribution < -0.4 is 5.32 Å². The number of amides is 2. The van der Waals surface area contributed by atoms with Crippen LogP contribution in [0.5, 0.6) is 0 Å². The van der Waals surface area contributed by atoms with Gasteiger partial charge in [0.2, 0.25) is 11.8 Å². The fourth-order valence-corrected chi connectivity index (χ4v) is 3.27. The summed E-state index contributed by atoms with van der Waals surface area (Å²) in [5.74, 6) is -0.719. The van der Waals surface area contributed by atoms with E-state index in [1.165, 1.54) is 6.92 Å². The molecule has 0 unspecified atom stereocenters. The van der Waals surface area contributed by atoms with Crippen molar-refractivity contribution in [1.29, 1.82) is 0 Å². The highest BCUT2D eigenvalue weighted by molar-refractivity contribution is 5.94. The summed E-state index contributed by atoms with van der Waals surface area (Å²) in [5.41, 5.74) is 2.95. The summed E-state index contributed by atoms with van der Waals surface area (Å²) < 4.78 is 5.10. The minimum absolute atomic E-state index is 0.122. The minimum Gasteiger partial charge on any atom is -0.462 e. The third-order valence-electron chi connectivity index (χ3n) is 4.69. The number of nitrogens with zero attached hydrogens (tertiary/aromatic N) is 1. The van der Waals surface area contributed by atoms with Gasteiger partial charge in [0.25, 0.3) is 0 Å². The van der Waals surface area contributed by atoms with Crippen LogP contribution in [-0.4, -0.2) is 29.3 Å². The van der Waals surface area contributed by atoms with Crippen molar-refractivity contribution in [1.82, 2.24) is 4.90 Å². The number of carbonyl (C=O) groups excluding carboxylic acids is 3. The van der Waals surface area contributed by atoms with Gasteiger partial charge in [-0.15, -0.1) is 0 Å². The van der Waals surface area contributed by atoms with Crippen LogP contribution in [-0.2, 0) is 14.3 Å². The molecule has 1 aliphatic heterocycles. The summed E-state index contributed by atoms with van der Waals surface area (Å²) in [4.78, 5) is 38.1. The lowest BCUT2D eigenvalue weighted by Gasteiger charge is -2.32. The molecule has 0 fully saturated rings. The predicted octanol–water partition coefficient (Wildman–Crippen LogP) is 4.16. The lowest BCUT2D eigenvalue weighted by atomic mass is 9.93. The molecular formula is C23H24N2O4. The fraction of sp³-hybridized carbons (Fsp3) is 0.261. The van der Waals surface area contributed by atoms with E-state index in [9.17, 15) is 14.4 Å². The summed E-state index contributed by atoms with van der Waals surface area (Å²) in [5, 5.41) is 2.84. The topological polar surface area (TPSA) is 75.7 Å². The van der Waals surface area contributed by atoms with Gasteiger partial charge in [0.05, 0.1) is 24.6 Å². The molecule has 2 amide bonds. The summed E-state index contributed by atoms with van der Waals surface area (Å²) in [6.07, 6.45) is 4.48. The first-order valence-electron chi connectivity index (χ1n) is 9.62. The van der Waals surface area contributed by atoms with Crippen molar-refractivity contribution in [3.8, 4) is 0 Å². The first kappa shape index (κ1) is 20.3. The zero-order valence-electron chi connectivity index (χ0n) is 16.6. The van der Waals surface area contributed by atoms with E-state index in [1.54, 1.807) is 35.4 Å². The van der Waals surface area contributed by atoms with Crippen molar-refractivity contribution < 1.29 is 19.1 Å². The first-order valence-corrected chi connectivity index (χ1v) is 9.62. The van der Waals surface area contributed by atoms with E-state index < -0.39 is 0 Å². The van der Waals surface area contributed by atoms with Gasteiger partial charge in [0, 0.05) is 18.8 Å². The summed E-state index contributed by atoms with van der Waals surface area (Å²) in [6.45, 7) is 3.79. The SMILES string of the molecule is CCCOC(=O)c1ccc(NC(=O)C[C@H]2c3ccccc3C=CN2C(C)=O)cc1. The zero-order chi connectivity index (χ0) is 20.8. The Hall–Kier alpha value is -3.41. The summed E-state index contributed by atoms with van der Waals surface area (Å²) in [6, 6.07) is 13.9. The van der Waals surface area contributed by atoms with Crippen molar-refractivity contribution in [3.05, 3.63) is 71.4 Å². The van der Waals surface area contributed by atoms with Crippen LogP contribution in [0.4, 0.5) is 5.69 Å². The van der Waals surface area contributed by atoms with Crippen LogP contribution in [0.25, 0.3) is 6.08 Å². The van der Waals surface area contributed by atoms with Crippen LogP contribution in [0, 0.1) is 0 Å². The Morgan fingerprint density at radius 2 is 1.79 bits per heavy atom. The molecular weight excluding hydrogens is 368 g/mol.